The maximum absolute atomic E-state index is 13.6. The summed E-state index contributed by atoms with van der Waals surface area (Å²) in [6.45, 7) is 2.44. The zero-order valence-electron chi connectivity index (χ0n) is 17.8. The standard InChI is InChI=1S/C24H23N5O3/c1-16-25-23(32-28-16)19-12-5-6-13-20(19)24(30)29-14-8-7-11-18(29)15-21-26-27-22(31-21)17-9-3-2-4-10-17/h2-6,9-10,12-13,18H,7-8,11,14-15H2,1H3/t18-/m1/s1. The van der Waals surface area contributed by atoms with E-state index in [-0.39, 0.29) is 11.9 Å². The number of carbonyl (C=O) groups excluding carboxylic acids is 1. The molecule has 1 amide bonds. The summed E-state index contributed by atoms with van der Waals surface area (Å²) in [5, 5.41) is 12.3. The van der Waals surface area contributed by atoms with E-state index in [1.54, 1.807) is 6.92 Å². The van der Waals surface area contributed by atoms with E-state index < -0.39 is 0 Å². The molecule has 4 aromatic rings. The third-order valence-corrected chi connectivity index (χ3v) is 5.70. The third kappa shape index (κ3) is 4.03. The van der Waals surface area contributed by atoms with Gasteiger partial charge < -0.3 is 13.8 Å². The average molecular weight is 429 g/mol. The molecule has 0 spiro atoms. The molecule has 2 aromatic carbocycles. The highest BCUT2D eigenvalue weighted by Gasteiger charge is 2.31. The Kier molecular flexibility index (Phi) is 5.49. The first-order valence-electron chi connectivity index (χ1n) is 10.8. The summed E-state index contributed by atoms with van der Waals surface area (Å²) in [4.78, 5) is 19.8. The molecule has 162 valence electrons. The highest BCUT2D eigenvalue weighted by molar-refractivity contribution is 6.00. The van der Waals surface area contributed by atoms with Crippen molar-refractivity contribution in [3.63, 3.8) is 0 Å². The van der Waals surface area contributed by atoms with Crippen molar-refractivity contribution in [2.24, 2.45) is 0 Å². The first kappa shape index (κ1) is 20.1. The first-order valence-corrected chi connectivity index (χ1v) is 10.8. The normalized spacial score (nSPS) is 16.3. The lowest BCUT2D eigenvalue weighted by Crippen LogP contribution is -2.45. The average Bonchev–Trinajstić information content (AvgIpc) is 3.49. The van der Waals surface area contributed by atoms with Crippen molar-refractivity contribution in [2.45, 2.75) is 38.6 Å². The summed E-state index contributed by atoms with van der Waals surface area (Å²) < 4.78 is 11.2. The summed E-state index contributed by atoms with van der Waals surface area (Å²) in [5.41, 5.74) is 2.08. The Balaban J connectivity index is 1.39. The van der Waals surface area contributed by atoms with Crippen LogP contribution in [0.5, 0.6) is 0 Å². The van der Waals surface area contributed by atoms with Gasteiger partial charge in [0.05, 0.1) is 11.1 Å². The molecule has 0 saturated carbocycles. The van der Waals surface area contributed by atoms with Crippen LogP contribution in [0.1, 0.15) is 41.3 Å². The van der Waals surface area contributed by atoms with Crippen molar-refractivity contribution in [3.8, 4) is 22.9 Å². The molecule has 2 aromatic heterocycles. The van der Waals surface area contributed by atoms with Gasteiger partial charge >= 0.3 is 0 Å². The lowest BCUT2D eigenvalue weighted by atomic mass is 9.97. The summed E-state index contributed by atoms with van der Waals surface area (Å²) in [6.07, 6.45) is 3.42. The number of piperidine rings is 1. The topological polar surface area (TPSA) is 98.2 Å². The van der Waals surface area contributed by atoms with Gasteiger partial charge in [-0.3, -0.25) is 4.79 Å². The second kappa shape index (κ2) is 8.74. The predicted octanol–water partition coefficient (Wildman–Crippen LogP) is 4.33. The Hall–Kier alpha value is -3.81. The maximum atomic E-state index is 13.6. The monoisotopic (exact) mass is 429 g/mol. The fourth-order valence-corrected chi connectivity index (χ4v) is 4.13. The number of amides is 1. The molecule has 0 bridgehead atoms. The van der Waals surface area contributed by atoms with Gasteiger partial charge in [-0.15, -0.1) is 10.2 Å². The van der Waals surface area contributed by atoms with Gasteiger partial charge in [-0.1, -0.05) is 35.5 Å². The highest BCUT2D eigenvalue weighted by atomic mass is 16.5. The molecular formula is C24H23N5O3. The molecule has 0 radical (unpaired) electrons. The van der Waals surface area contributed by atoms with Crippen LogP contribution in [-0.4, -0.2) is 43.7 Å². The van der Waals surface area contributed by atoms with Gasteiger partial charge in [0.15, 0.2) is 5.82 Å². The Morgan fingerprint density at radius 2 is 1.84 bits per heavy atom. The van der Waals surface area contributed by atoms with Gasteiger partial charge in [-0.2, -0.15) is 4.98 Å². The van der Waals surface area contributed by atoms with Crippen LogP contribution in [0.2, 0.25) is 0 Å². The Bertz CT molecular complexity index is 1220. The molecule has 8 heteroatoms. The molecule has 0 aliphatic carbocycles. The third-order valence-electron chi connectivity index (χ3n) is 5.70. The number of aromatic nitrogens is 4. The van der Waals surface area contributed by atoms with E-state index in [9.17, 15) is 4.79 Å². The van der Waals surface area contributed by atoms with Crippen molar-refractivity contribution in [3.05, 3.63) is 71.9 Å². The fourth-order valence-electron chi connectivity index (χ4n) is 4.13. The second-order valence-electron chi connectivity index (χ2n) is 7.91. The molecule has 1 aliphatic heterocycles. The van der Waals surface area contributed by atoms with E-state index >= 15 is 0 Å². The molecule has 8 nitrogen and oxygen atoms in total. The van der Waals surface area contributed by atoms with E-state index in [4.69, 9.17) is 8.94 Å². The molecule has 1 atom stereocenters. The van der Waals surface area contributed by atoms with Gasteiger partial charge in [0.1, 0.15) is 0 Å². The Labute approximate surface area is 185 Å². The van der Waals surface area contributed by atoms with Gasteiger partial charge in [-0.05, 0) is 50.5 Å². The largest absolute Gasteiger partial charge is 0.421 e. The number of likely N-dealkylation sites (tertiary alicyclic amines) is 1. The number of hydrogen-bond acceptors (Lipinski definition) is 7. The molecule has 1 saturated heterocycles. The van der Waals surface area contributed by atoms with Gasteiger partial charge in [-0.25, -0.2) is 0 Å². The number of aryl methyl sites for hydroxylation is 1. The lowest BCUT2D eigenvalue weighted by molar-refractivity contribution is 0.0606. The van der Waals surface area contributed by atoms with Gasteiger partial charge in [0.2, 0.25) is 11.8 Å². The fraction of sp³-hybridized carbons (Fsp3) is 0.292. The molecule has 1 aliphatic rings. The zero-order chi connectivity index (χ0) is 21.9. The van der Waals surface area contributed by atoms with E-state index in [1.807, 2.05) is 59.5 Å². The summed E-state index contributed by atoms with van der Waals surface area (Å²) in [6, 6.07) is 17.0. The van der Waals surface area contributed by atoms with Crippen molar-refractivity contribution >= 4 is 5.91 Å². The van der Waals surface area contributed by atoms with E-state index in [0.717, 1.165) is 24.8 Å². The number of nitrogens with zero attached hydrogens (tertiary/aromatic N) is 5. The van der Waals surface area contributed by atoms with Crippen molar-refractivity contribution in [1.82, 2.24) is 25.2 Å². The maximum Gasteiger partial charge on any atom is 0.258 e. The summed E-state index contributed by atoms with van der Waals surface area (Å²) >= 11 is 0. The summed E-state index contributed by atoms with van der Waals surface area (Å²) in [5.74, 6) is 1.86. The molecule has 1 fully saturated rings. The van der Waals surface area contributed by atoms with Gasteiger partial charge in [0.25, 0.3) is 11.8 Å². The van der Waals surface area contributed by atoms with E-state index in [1.165, 1.54) is 0 Å². The zero-order valence-corrected chi connectivity index (χ0v) is 17.8. The highest BCUT2D eigenvalue weighted by Crippen LogP contribution is 2.28. The van der Waals surface area contributed by atoms with Crippen molar-refractivity contribution in [2.75, 3.05) is 6.54 Å². The van der Waals surface area contributed by atoms with E-state index in [2.05, 4.69) is 20.3 Å². The van der Waals surface area contributed by atoms with E-state index in [0.29, 0.717) is 47.6 Å². The molecular weight excluding hydrogens is 406 g/mol. The van der Waals surface area contributed by atoms with Crippen LogP contribution in [0.25, 0.3) is 22.9 Å². The molecule has 0 unspecified atom stereocenters. The van der Waals surface area contributed by atoms with Crippen LogP contribution < -0.4 is 0 Å². The second-order valence-corrected chi connectivity index (χ2v) is 7.91. The lowest BCUT2D eigenvalue weighted by Gasteiger charge is -2.35. The first-order chi connectivity index (χ1) is 15.7. The minimum atomic E-state index is -0.0519. The number of benzene rings is 2. The van der Waals surface area contributed by atoms with Crippen LogP contribution in [0.15, 0.2) is 63.5 Å². The quantitative estimate of drug-likeness (QED) is 0.465. The Morgan fingerprint density at radius 1 is 1.03 bits per heavy atom. The minimum Gasteiger partial charge on any atom is -0.421 e. The number of carbonyl (C=O) groups is 1. The Morgan fingerprint density at radius 3 is 2.66 bits per heavy atom. The molecule has 3 heterocycles. The predicted molar refractivity (Wildman–Crippen MR) is 117 cm³/mol. The van der Waals surface area contributed by atoms with Crippen LogP contribution in [0.3, 0.4) is 0 Å². The smallest absolute Gasteiger partial charge is 0.258 e. The summed E-state index contributed by atoms with van der Waals surface area (Å²) in [7, 11) is 0. The van der Waals surface area contributed by atoms with Gasteiger partial charge in [0, 0.05) is 24.6 Å². The van der Waals surface area contributed by atoms with Crippen LogP contribution in [0.4, 0.5) is 0 Å². The molecule has 32 heavy (non-hydrogen) atoms. The van der Waals surface area contributed by atoms with Crippen LogP contribution >= 0.6 is 0 Å². The van der Waals surface area contributed by atoms with Crippen LogP contribution in [0, 0.1) is 6.92 Å². The minimum absolute atomic E-state index is 0.0159. The SMILES string of the molecule is Cc1noc(-c2ccccc2C(=O)N2CCCC[C@@H]2Cc2nnc(-c3ccccc3)o2)n1. The molecule has 5 rings (SSSR count). The number of rotatable bonds is 5. The van der Waals surface area contributed by atoms with Crippen LogP contribution in [-0.2, 0) is 6.42 Å². The van der Waals surface area contributed by atoms with Crippen molar-refractivity contribution in [1.29, 1.82) is 0 Å². The number of hydrogen-bond donors (Lipinski definition) is 0. The van der Waals surface area contributed by atoms with Crippen molar-refractivity contribution < 1.29 is 13.7 Å². The molecule has 0 N–H and O–H groups in total.